The van der Waals surface area contributed by atoms with Crippen molar-refractivity contribution in [2.75, 3.05) is 13.9 Å². The summed E-state index contributed by atoms with van der Waals surface area (Å²) in [5.41, 5.74) is 1.41. The standard InChI is InChI=1S/C19H30O2/c1-20-16-21-19-14-12-18(13-15-19)11-7-3-6-10-17-8-4-2-5-9-17/h12-15,17H,2-11,16H2,1H3. The third kappa shape index (κ3) is 6.52. The van der Waals surface area contributed by atoms with Gasteiger partial charge in [0.15, 0.2) is 6.79 Å². The van der Waals surface area contributed by atoms with Gasteiger partial charge in [0, 0.05) is 7.11 Å². The minimum Gasteiger partial charge on any atom is -0.468 e. The molecule has 1 fully saturated rings. The summed E-state index contributed by atoms with van der Waals surface area (Å²) in [7, 11) is 1.64. The smallest absolute Gasteiger partial charge is 0.188 e. The first-order chi connectivity index (χ1) is 10.4. The molecule has 1 aromatic rings. The normalized spacial score (nSPS) is 16.0. The largest absolute Gasteiger partial charge is 0.468 e. The van der Waals surface area contributed by atoms with E-state index < -0.39 is 0 Å². The molecule has 1 aliphatic carbocycles. The van der Waals surface area contributed by atoms with E-state index >= 15 is 0 Å². The van der Waals surface area contributed by atoms with Gasteiger partial charge in [-0.25, -0.2) is 0 Å². The molecule has 0 atom stereocenters. The van der Waals surface area contributed by atoms with Gasteiger partial charge in [-0.1, -0.05) is 63.5 Å². The lowest BCUT2D eigenvalue weighted by molar-refractivity contribution is 0.0511. The third-order valence-electron chi connectivity index (χ3n) is 4.57. The van der Waals surface area contributed by atoms with E-state index in [2.05, 4.69) is 12.1 Å². The predicted molar refractivity (Wildman–Crippen MR) is 87.7 cm³/mol. The summed E-state index contributed by atoms with van der Waals surface area (Å²) in [6.07, 6.45) is 14.2. The fourth-order valence-corrected chi connectivity index (χ4v) is 3.29. The van der Waals surface area contributed by atoms with Crippen molar-refractivity contribution >= 4 is 0 Å². The van der Waals surface area contributed by atoms with Gasteiger partial charge in [0.2, 0.25) is 0 Å². The molecule has 0 bridgehead atoms. The molecule has 2 rings (SSSR count). The summed E-state index contributed by atoms with van der Waals surface area (Å²) in [6.45, 7) is 0.320. The first kappa shape index (κ1) is 16.4. The Morgan fingerprint density at radius 1 is 0.952 bits per heavy atom. The number of rotatable bonds is 9. The lowest BCUT2D eigenvalue weighted by Crippen LogP contribution is -2.05. The number of hydrogen-bond donors (Lipinski definition) is 0. The van der Waals surface area contributed by atoms with E-state index in [9.17, 15) is 0 Å². The van der Waals surface area contributed by atoms with Gasteiger partial charge in [0.25, 0.3) is 0 Å². The summed E-state index contributed by atoms with van der Waals surface area (Å²) < 4.78 is 10.3. The monoisotopic (exact) mass is 290 g/mol. The maximum absolute atomic E-state index is 5.40. The van der Waals surface area contributed by atoms with Gasteiger partial charge in [-0.15, -0.1) is 0 Å². The van der Waals surface area contributed by atoms with Crippen molar-refractivity contribution in [2.24, 2.45) is 5.92 Å². The molecule has 0 unspecified atom stereocenters. The quantitative estimate of drug-likeness (QED) is 0.450. The molecule has 1 aliphatic rings. The summed E-state index contributed by atoms with van der Waals surface area (Å²) in [4.78, 5) is 0. The molecule has 21 heavy (non-hydrogen) atoms. The fourth-order valence-electron chi connectivity index (χ4n) is 3.29. The van der Waals surface area contributed by atoms with Gasteiger partial charge in [-0.3, -0.25) is 0 Å². The Hall–Kier alpha value is -1.02. The van der Waals surface area contributed by atoms with E-state index in [-0.39, 0.29) is 0 Å². The van der Waals surface area contributed by atoms with Crippen molar-refractivity contribution in [2.45, 2.75) is 64.2 Å². The predicted octanol–water partition coefficient (Wildman–Crippen LogP) is 5.35. The van der Waals surface area contributed by atoms with E-state index in [1.54, 1.807) is 7.11 Å². The van der Waals surface area contributed by atoms with Crippen LogP contribution in [0, 0.1) is 5.92 Å². The fraction of sp³-hybridized carbons (Fsp3) is 0.684. The van der Waals surface area contributed by atoms with E-state index in [0.29, 0.717) is 6.79 Å². The summed E-state index contributed by atoms with van der Waals surface area (Å²) >= 11 is 0. The molecule has 0 heterocycles. The minimum atomic E-state index is 0.320. The molecule has 118 valence electrons. The number of ether oxygens (including phenoxy) is 2. The highest BCUT2D eigenvalue weighted by Gasteiger charge is 2.12. The van der Waals surface area contributed by atoms with Crippen LogP contribution in [0.1, 0.15) is 63.4 Å². The number of unbranched alkanes of at least 4 members (excludes halogenated alkanes) is 2. The average molecular weight is 290 g/mol. The molecular formula is C19H30O2. The lowest BCUT2D eigenvalue weighted by Gasteiger charge is -2.21. The van der Waals surface area contributed by atoms with Crippen LogP contribution < -0.4 is 4.74 Å². The van der Waals surface area contributed by atoms with Gasteiger partial charge >= 0.3 is 0 Å². The first-order valence-corrected chi connectivity index (χ1v) is 8.59. The zero-order valence-electron chi connectivity index (χ0n) is 13.5. The zero-order valence-corrected chi connectivity index (χ0v) is 13.5. The van der Waals surface area contributed by atoms with Crippen LogP contribution in [-0.2, 0) is 11.2 Å². The van der Waals surface area contributed by atoms with Crippen LogP contribution in [0.5, 0.6) is 5.75 Å². The van der Waals surface area contributed by atoms with Crippen LogP contribution in [-0.4, -0.2) is 13.9 Å². The van der Waals surface area contributed by atoms with Crippen molar-refractivity contribution in [1.82, 2.24) is 0 Å². The molecule has 0 aromatic heterocycles. The maximum atomic E-state index is 5.40. The van der Waals surface area contributed by atoms with Crippen LogP contribution in [0.3, 0.4) is 0 Å². The Morgan fingerprint density at radius 2 is 1.71 bits per heavy atom. The van der Waals surface area contributed by atoms with Gasteiger partial charge in [0.05, 0.1) is 0 Å². The molecule has 1 saturated carbocycles. The number of methoxy groups -OCH3 is 1. The van der Waals surface area contributed by atoms with Crippen LogP contribution in [0.25, 0.3) is 0 Å². The van der Waals surface area contributed by atoms with Gasteiger partial charge in [-0.05, 0) is 36.5 Å². The molecule has 0 spiro atoms. The van der Waals surface area contributed by atoms with Crippen molar-refractivity contribution in [3.05, 3.63) is 29.8 Å². The average Bonchev–Trinajstić information content (AvgIpc) is 2.55. The second-order valence-corrected chi connectivity index (χ2v) is 6.30. The summed E-state index contributed by atoms with van der Waals surface area (Å²) in [6, 6.07) is 8.42. The minimum absolute atomic E-state index is 0.320. The van der Waals surface area contributed by atoms with Crippen LogP contribution in [0.2, 0.25) is 0 Å². The Labute approximate surface area is 129 Å². The van der Waals surface area contributed by atoms with Gasteiger partial charge in [-0.2, -0.15) is 0 Å². The summed E-state index contributed by atoms with van der Waals surface area (Å²) in [5, 5.41) is 0. The molecule has 1 aromatic carbocycles. The second-order valence-electron chi connectivity index (χ2n) is 6.30. The van der Waals surface area contributed by atoms with E-state index in [4.69, 9.17) is 9.47 Å². The molecule has 2 heteroatoms. The molecule has 0 aliphatic heterocycles. The third-order valence-corrected chi connectivity index (χ3v) is 4.57. The highest BCUT2D eigenvalue weighted by atomic mass is 16.7. The Morgan fingerprint density at radius 3 is 2.43 bits per heavy atom. The Kier molecular flexibility index (Phi) is 7.66. The summed E-state index contributed by atoms with van der Waals surface area (Å²) in [5.74, 6) is 1.92. The molecule has 0 amide bonds. The topological polar surface area (TPSA) is 18.5 Å². The van der Waals surface area contributed by atoms with E-state index in [1.807, 2.05) is 12.1 Å². The van der Waals surface area contributed by atoms with Crippen LogP contribution in [0.15, 0.2) is 24.3 Å². The molecule has 0 saturated heterocycles. The molecule has 0 N–H and O–H groups in total. The van der Waals surface area contributed by atoms with Gasteiger partial charge in [0.1, 0.15) is 5.75 Å². The van der Waals surface area contributed by atoms with E-state index in [0.717, 1.165) is 11.7 Å². The highest BCUT2D eigenvalue weighted by Crippen LogP contribution is 2.28. The zero-order chi connectivity index (χ0) is 14.8. The lowest BCUT2D eigenvalue weighted by atomic mass is 9.85. The highest BCUT2D eigenvalue weighted by molar-refractivity contribution is 5.27. The number of benzene rings is 1. The van der Waals surface area contributed by atoms with E-state index in [1.165, 1.54) is 69.8 Å². The van der Waals surface area contributed by atoms with Crippen LogP contribution >= 0.6 is 0 Å². The SMILES string of the molecule is COCOc1ccc(CCCCCC2CCCCC2)cc1. The van der Waals surface area contributed by atoms with Crippen molar-refractivity contribution in [1.29, 1.82) is 0 Å². The van der Waals surface area contributed by atoms with Crippen molar-refractivity contribution < 1.29 is 9.47 Å². The van der Waals surface area contributed by atoms with Crippen molar-refractivity contribution in [3.8, 4) is 5.75 Å². The number of aryl methyl sites for hydroxylation is 1. The molecule has 0 radical (unpaired) electrons. The molecule has 2 nitrogen and oxygen atoms in total. The number of hydrogen-bond acceptors (Lipinski definition) is 2. The van der Waals surface area contributed by atoms with Crippen molar-refractivity contribution in [3.63, 3.8) is 0 Å². The van der Waals surface area contributed by atoms with Gasteiger partial charge < -0.3 is 9.47 Å². The Bertz CT molecular complexity index is 366. The maximum Gasteiger partial charge on any atom is 0.188 e. The Balaban J connectivity index is 1.55. The first-order valence-electron chi connectivity index (χ1n) is 8.59. The second kappa shape index (κ2) is 9.83. The van der Waals surface area contributed by atoms with Crippen LogP contribution in [0.4, 0.5) is 0 Å². The molecular weight excluding hydrogens is 260 g/mol.